The molecule has 0 spiro atoms. The summed E-state index contributed by atoms with van der Waals surface area (Å²) in [5.74, 6) is 1.12. The summed E-state index contributed by atoms with van der Waals surface area (Å²) in [4.78, 5) is 15.3. The van der Waals surface area contributed by atoms with E-state index in [1.807, 2.05) is 75.4 Å². The van der Waals surface area contributed by atoms with E-state index >= 15 is 0 Å². The average molecular weight is 380 g/mol. The van der Waals surface area contributed by atoms with E-state index in [4.69, 9.17) is 14.6 Å². The van der Waals surface area contributed by atoms with E-state index in [9.17, 15) is 4.79 Å². The van der Waals surface area contributed by atoms with Gasteiger partial charge < -0.3 is 19.9 Å². The van der Waals surface area contributed by atoms with Crippen molar-refractivity contribution in [3.63, 3.8) is 0 Å². The predicted molar refractivity (Wildman–Crippen MR) is 108 cm³/mol. The van der Waals surface area contributed by atoms with Crippen molar-refractivity contribution >= 4 is 16.9 Å². The largest absolute Gasteiger partial charge is 0.491 e. The smallest absolute Gasteiger partial charge is 0.317 e. The predicted octanol–water partition coefficient (Wildman–Crippen LogP) is 4.55. The monoisotopic (exact) mass is 380 g/mol. The topological polar surface area (TPSA) is 80.7 Å². The van der Waals surface area contributed by atoms with E-state index in [0.717, 1.165) is 22.2 Å². The number of benzene rings is 2. The lowest BCUT2D eigenvalue weighted by Gasteiger charge is -2.14. The Hall–Kier alpha value is -3.12. The van der Waals surface area contributed by atoms with Crippen LogP contribution >= 0.6 is 0 Å². The highest BCUT2D eigenvalue weighted by molar-refractivity contribution is 5.80. The van der Waals surface area contributed by atoms with Crippen molar-refractivity contribution in [3.8, 4) is 17.4 Å². The van der Waals surface area contributed by atoms with Gasteiger partial charge in [0.1, 0.15) is 11.5 Å². The number of ether oxygens (including phenoxy) is 2. The molecule has 6 nitrogen and oxygen atoms in total. The molecule has 0 saturated carbocycles. The van der Waals surface area contributed by atoms with Crippen LogP contribution in [0.1, 0.15) is 32.4 Å². The van der Waals surface area contributed by atoms with Crippen molar-refractivity contribution in [1.82, 2.24) is 10.3 Å². The molecule has 1 aromatic heterocycles. The van der Waals surface area contributed by atoms with Gasteiger partial charge in [-0.1, -0.05) is 6.07 Å². The first-order valence-corrected chi connectivity index (χ1v) is 9.21. The summed E-state index contributed by atoms with van der Waals surface area (Å²) in [6.07, 6.45) is 0.126. The Bertz CT molecular complexity index is 954. The zero-order chi connectivity index (χ0) is 20.1. The van der Waals surface area contributed by atoms with Gasteiger partial charge in [-0.3, -0.25) is 4.79 Å². The van der Waals surface area contributed by atoms with Crippen LogP contribution in [0.5, 0.6) is 17.4 Å². The first-order chi connectivity index (χ1) is 13.4. The van der Waals surface area contributed by atoms with E-state index in [1.165, 1.54) is 0 Å². The highest BCUT2D eigenvalue weighted by Crippen LogP contribution is 2.26. The Morgan fingerprint density at radius 3 is 2.43 bits per heavy atom. The summed E-state index contributed by atoms with van der Waals surface area (Å²) in [6, 6.07) is 17.0. The van der Waals surface area contributed by atoms with Crippen molar-refractivity contribution in [3.05, 3.63) is 60.2 Å². The lowest BCUT2D eigenvalue weighted by molar-refractivity contribution is -0.136. The Morgan fingerprint density at radius 1 is 1.04 bits per heavy atom. The van der Waals surface area contributed by atoms with Gasteiger partial charge in [0.2, 0.25) is 5.88 Å². The minimum Gasteiger partial charge on any atom is -0.491 e. The Labute approximate surface area is 164 Å². The molecule has 2 aromatic carbocycles. The lowest BCUT2D eigenvalue weighted by Crippen LogP contribution is -2.25. The van der Waals surface area contributed by atoms with Gasteiger partial charge in [0.15, 0.2) is 0 Å². The molecule has 3 aromatic rings. The number of carbonyl (C=O) groups is 1. The number of hydrogen-bond acceptors (Lipinski definition) is 5. The van der Waals surface area contributed by atoms with Crippen LogP contribution in [0.3, 0.4) is 0 Å². The average Bonchev–Trinajstić information content (AvgIpc) is 2.66. The van der Waals surface area contributed by atoms with Gasteiger partial charge in [-0.05, 0) is 68.8 Å². The van der Waals surface area contributed by atoms with E-state index in [2.05, 4.69) is 10.3 Å². The standard InChI is InChI=1S/C22H24N2O4/c1-14(2)27-18-6-8-19(9-7-18)28-21-11-5-17-12-16(4-10-20(17)24-21)15(3)23-13-22(25)26/h4-12,14-15,23H,13H2,1-3H3,(H,25,26). The van der Waals surface area contributed by atoms with Crippen molar-refractivity contribution in [1.29, 1.82) is 0 Å². The molecule has 0 saturated heterocycles. The normalized spacial score (nSPS) is 12.1. The molecule has 0 amide bonds. The number of carboxylic acids is 1. The SMILES string of the molecule is CC(C)Oc1ccc(Oc2ccc3cc(C(C)NCC(=O)O)ccc3n2)cc1. The number of fused-ring (bicyclic) bond motifs is 1. The highest BCUT2D eigenvalue weighted by atomic mass is 16.5. The maximum absolute atomic E-state index is 10.7. The maximum atomic E-state index is 10.7. The van der Waals surface area contributed by atoms with Crippen LogP contribution < -0.4 is 14.8 Å². The summed E-state index contributed by atoms with van der Waals surface area (Å²) in [6.45, 7) is 5.82. The zero-order valence-corrected chi connectivity index (χ0v) is 16.2. The third kappa shape index (κ3) is 5.20. The van der Waals surface area contributed by atoms with Crippen molar-refractivity contribution in [2.45, 2.75) is 32.9 Å². The molecule has 0 aliphatic heterocycles. The molecule has 0 fully saturated rings. The summed E-state index contributed by atoms with van der Waals surface area (Å²) < 4.78 is 11.5. The fourth-order valence-electron chi connectivity index (χ4n) is 2.79. The molecule has 1 atom stereocenters. The molecule has 0 aliphatic carbocycles. The second-order valence-corrected chi connectivity index (χ2v) is 6.84. The molecule has 1 unspecified atom stereocenters. The van der Waals surface area contributed by atoms with Crippen LogP contribution in [0.25, 0.3) is 10.9 Å². The molecule has 3 rings (SSSR count). The van der Waals surface area contributed by atoms with E-state index in [0.29, 0.717) is 11.6 Å². The van der Waals surface area contributed by atoms with Gasteiger partial charge in [0.05, 0.1) is 18.2 Å². The third-order valence-electron chi connectivity index (χ3n) is 4.17. The fourth-order valence-corrected chi connectivity index (χ4v) is 2.79. The number of pyridine rings is 1. The van der Waals surface area contributed by atoms with Crippen molar-refractivity contribution < 1.29 is 19.4 Å². The molecule has 0 radical (unpaired) electrons. The van der Waals surface area contributed by atoms with Crippen LogP contribution in [0.15, 0.2) is 54.6 Å². The number of aromatic nitrogens is 1. The summed E-state index contributed by atoms with van der Waals surface area (Å²) in [5, 5.41) is 12.7. The van der Waals surface area contributed by atoms with Crippen LogP contribution in [-0.2, 0) is 4.79 Å². The van der Waals surface area contributed by atoms with Crippen molar-refractivity contribution in [2.75, 3.05) is 6.54 Å². The van der Waals surface area contributed by atoms with Crippen LogP contribution in [0.2, 0.25) is 0 Å². The van der Waals surface area contributed by atoms with Crippen LogP contribution in [0, 0.1) is 0 Å². The second kappa shape index (κ2) is 8.71. The van der Waals surface area contributed by atoms with Gasteiger partial charge in [-0.25, -0.2) is 4.98 Å². The number of nitrogens with one attached hydrogen (secondary N) is 1. The number of carboxylic acid groups (broad SMARTS) is 1. The quantitative estimate of drug-likeness (QED) is 0.597. The molecular weight excluding hydrogens is 356 g/mol. The van der Waals surface area contributed by atoms with E-state index < -0.39 is 5.97 Å². The lowest BCUT2D eigenvalue weighted by atomic mass is 10.1. The molecule has 0 bridgehead atoms. The Balaban J connectivity index is 1.72. The molecule has 2 N–H and O–H groups in total. The van der Waals surface area contributed by atoms with Crippen LogP contribution in [0.4, 0.5) is 0 Å². The Kier molecular flexibility index (Phi) is 6.11. The number of hydrogen-bond donors (Lipinski definition) is 2. The molecule has 28 heavy (non-hydrogen) atoms. The highest BCUT2D eigenvalue weighted by Gasteiger charge is 2.09. The molecule has 1 heterocycles. The molecule has 6 heteroatoms. The van der Waals surface area contributed by atoms with E-state index in [1.54, 1.807) is 0 Å². The summed E-state index contributed by atoms with van der Waals surface area (Å²) in [7, 11) is 0. The summed E-state index contributed by atoms with van der Waals surface area (Å²) >= 11 is 0. The minimum absolute atomic E-state index is 0.0667. The zero-order valence-electron chi connectivity index (χ0n) is 16.2. The third-order valence-corrected chi connectivity index (χ3v) is 4.17. The minimum atomic E-state index is -0.875. The van der Waals surface area contributed by atoms with Crippen molar-refractivity contribution in [2.24, 2.45) is 0 Å². The molecular formula is C22H24N2O4. The number of rotatable bonds is 8. The Morgan fingerprint density at radius 2 is 1.75 bits per heavy atom. The number of aliphatic carboxylic acids is 1. The summed E-state index contributed by atoms with van der Waals surface area (Å²) in [5.41, 5.74) is 1.82. The van der Waals surface area contributed by atoms with E-state index in [-0.39, 0.29) is 18.7 Å². The van der Waals surface area contributed by atoms with Gasteiger partial charge >= 0.3 is 5.97 Å². The molecule has 0 aliphatic rings. The fraction of sp³-hybridized carbons (Fsp3) is 0.273. The maximum Gasteiger partial charge on any atom is 0.317 e. The first-order valence-electron chi connectivity index (χ1n) is 9.21. The van der Waals surface area contributed by atoms with Crippen LogP contribution in [-0.4, -0.2) is 28.7 Å². The van der Waals surface area contributed by atoms with Gasteiger partial charge in [0, 0.05) is 17.5 Å². The van der Waals surface area contributed by atoms with Gasteiger partial charge in [-0.15, -0.1) is 0 Å². The first kappa shape index (κ1) is 19.6. The molecule has 146 valence electrons. The van der Waals surface area contributed by atoms with Gasteiger partial charge in [0.25, 0.3) is 0 Å². The number of nitrogens with zero attached hydrogens (tertiary/aromatic N) is 1. The van der Waals surface area contributed by atoms with Gasteiger partial charge in [-0.2, -0.15) is 0 Å². The second-order valence-electron chi connectivity index (χ2n) is 6.84.